The molecule has 0 spiro atoms. The molecule has 2 heterocycles. The number of halogens is 1. The molecular weight excluding hydrogens is 316 g/mol. The molecule has 0 saturated carbocycles. The topological polar surface area (TPSA) is 60.5 Å². The molecule has 1 aliphatic rings. The molecule has 1 fully saturated rings. The second-order valence-corrected chi connectivity index (χ2v) is 5.72. The molecule has 1 atom stereocenters. The van der Waals surface area contributed by atoms with Gasteiger partial charge >= 0.3 is 0 Å². The number of amides is 1. The Balaban J connectivity index is 1.55. The van der Waals surface area contributed by atoms with Gasteiger partial charge in [0.15, 0.2) is 0 Å². The van der Waals surface area contributed by atoms with Gasteiger partial charge in [-0.05, 0) is 49.2 Å². The molecule has 1 amide bonds. The summed E-state index contributed by atoms with van der Waals surface area (Å²) in [7, 11) is 0. The van der Waals surface area contributed by atoms with E-state index in [1.54, 1.807) is 36.4 Å². The van der Waals surface area contributed by atoms with Crippen LogP contribution in [0.1, 0.15) is 23.2 Å². The molecule has 0 radical (unpaired) electrons. The van der Waals surface area contributed by atoms with Gasteiger partial charge in [-0.1, -0.05) is 11.6 Å². The first-order valence-electron chi connectivity index (χ1n) is 7.48. The number of ether oxygens (including phenoxy) is 2. The van der Waals surface area contributed by atoms with Crippen molar-refractivity contribution in [3.8, 4) is 5.75 Å². The first kappa shape index (κ1) is 15.8. The fourth-order valence-corrected chi connectivity index (χ4v) is 2.42. The Kier molecular flexibility index (Phi) is 5.10. The summed E-state index contributed by atoms with van der Waals surface area (Å²) in [5.74, 6) is 0.949. The van der Waals surface area contributed by atoms with Crippen molar-refractivity contribution >= 4 is 23.3 Å². The summed E-state index contributed by atoms with van der Waals surface area (Å²) < 4.78 is 11.2. The number of anilines is 1. The number of rotatable bonds is 5. The van der Waals surface area contributed by atoms with Gasteiger partial charge in [-0.2, -0.15) is 0 Å². The van der Waals surface area contributed by atoms with Crippen LogP contribution in [0.2, 0.25) is 5.02 Å². The van der Waals surface area contributed by atoms with Crippen LogP contribution in [0.3, 0.4) is 0 Å². The van der Waals surface area contributed by atoms with E-state index in [1.165, 1.54) is 6.20 Å². The van der Waals surface area contributed by atoms with Gasteiger partial charge in [-0.3, -0.25) is 4.79 Å². The summed E-state index contributed by atoms with van der Waals surface area (Å²) in [6, 6.07) is 10.3. The van der Waals surface area contributed by atoms with Gasteiger partial charge in [0, 0.05) is 18.4 Å². The molecule has 23 heavy (non-hydrogen) atoms. The minimum absolute atomic E-state index is 0.175. The number of carbonyl (C=O) groups is 1. The van der Waals surface area contributed by atoms with Gasteiger partial charge in [0.05, 0.1) is 11.1 Å². The molecule has 1 aromatic carbocycles. The van der Waals surface area contributed by atoms with E-state index in [4.69, 9.17) is 21.1 Å². The Bertz CT molecular complexity index is 653. The number of hydrogen-bond acceptors (Lipinski definition) is 4. The Morgan fingerprint density at radius 1 is 1.30 bits per heavy atom. The van der Waals surface area contributed by atoms with E-state index in [1.807, 2.05) is 0 Å². The fraction of sp³-hybridized carbons (Fsp3) is 0.294. The Labute approximate surface area is 139 Å². The zero-order chi connectivity index (χ0) is 16.1. The lowest BCUT2D eigenvalue weighted by molar-refractivity contribution is 0.0679. The third-order valence-electron chi connectivity index (χ3n) is 3.55. The molecule has 1 N–H and O–H groups in total. The van der Waals surface area contributed by atoms with Crippen molar-refractivity contribution in [2.75, 3.05) is 18.5 Å². The van der Waals surface area contributed by atoms with Gasteiger partial charge in [0.25, 0.3) is 5.91 Å². The zero-order valence-corrected chi connectivity index (χ0v) is 13.3. The average Bonchev–Trinajstić information content (AvgIpc) is 3.09. The van der Waals surface area contributed by atoms with Gasteiger partial charge in [-0.25, -0.2) is 4.98 Å². The van der Waals surface area contributed by atoms with E-state index in [0.29, 0.717) is 23.0 Å². The van der Waals surface area contributed by atoms with Crippen molar-refractivity contribution in [3.63, 3.8) is 0 Å². The van der Waals surface area contributed by atoms with E-state index < -0.39 is 0 Å². The third-order valence-corrected chi connectivity index (χ3v) is 3.77. The summed E-state index contributed by atoms with van der Waals surface area (Å²) in [6.45, 7) is 1.35. The molecule has 0 aliphatic carbocycles. The molecule has 5 nitrogen and oxygen atoms in total. The first-order chi connectivity index (χ1) is 11.2. The number of benzene rings is 1. The normalized spacial score (nSPS) is 17.0. The van der Waals surface area contributed by atoms with Crippen molar-refractivity contribution in [2.45, 2.75) is 18.9 Å². The average molecular weight is 333 g/mol. The number of nitrogens with zero attached hydrogens (tertiary/aromatic N) is 1. The van der Waals surface area contributed by atoms with Crippen molar-refractivity contribution in [1.29, 1.82) is 0 Å². The van der Waals surface area contributed by atoms with Crippen LogP contribution < -0.4 is 10.1 Å². The quantitative estimate of drug-likeness (QED) is 0.909. The SMILES string of the molecule is O=C(Nc1ccc(Cl)cn1)c1ccc(OCC2CCCO2)cc1. The molecule has 0 bridgehead atoms. The van der Waals surface area contributed by atoms with Crippen molar-refractivity contribution in [2.24, 2.45) is 0 Å². The maximum atomic E-state index is 12.1. The maximum Gasteiger partial charge on any atom is 0.256 e. The standard InChI is InChI=1S/C17H17ClN2O3/c18-13-5-8-16(19-10-13)20-17(21)12-3-6-14(7-4-12)23-11-15-2-1-9-22-15/h3-8,10,15H,1-2,9,11H2,(H,19,20,21). The van der Waals surface area contributed by atoms with E-state index in [9.17, 15) is 4.79 Å². The maximum absolute atomic E-state index is 12.1. The third kappa shape index (κ3) is 4.43. The van der Waals surface area contributed by atoms with E-state index in [-0.39, 0.29) is 12.0 Å². The van der Waals surface area contributed by atoms with Crippen LogP contribution in [0.15, 0.2) is 42.6 Å². The highest BCUT2D eigenvalue weighted by molar-refractivity contribution is 6.30. The Morgan fingerprint density at radius 3 is 2.78 bits per heavy atom. The summed E-state index contributed by atoms with van der Waals surface area (Å²) >= 11 is 5.76. The predicted molar refractivity (Wildman–Crippen MR) is 88.1 cm³/mol. The lowest BCUT2D eigenvalue weighted by Crippen LogP contribution is -2.16. The minimum Gasteiger partial charge on any atom is -0.491 e. The summed E-state index contributed by atoms with van der Waals surface area (Å²) in [4.78, 5) is 16.2. The molecule has 1 saturated heterocycles. The van der Waals surface area contributed by atoms with Crippen LogP contribution in [-0.2, 0) is 4.74 Å². The smallest absolute Gasteiger partial charge is 0.256 e. The second-order valence-electron chi connectivity index (χ2n) is 5.29. The van der Waals surface area contributed by atoms with E-state index >= 15 is 0 Å². The monoisotopic (exact) mass is 332 g/mol. The van der Waals surface area contributed by atoms with Crippen molar-refractivity contribution in [1.82, 2.24) is 4.98 Å². The highest BCUT2D eigenvalue weighted by Crippen LogP contribution is 2.17. The molecule has 3 rings (SSSR count). The Hall–Kier alpha value is -2.11. The largest absolute Gasteiger partial charge is 0.491 e. The predicted octanol–water partition coefficient (Wildman–Crippen LogP) is 3.55. The number of carbonyl (C=O) groups excluding carboxylic acids is 1. The minimum atomic E-state index is -0.231. The number of nitrogens with one attached hydrogen (secondary N) is 1. The zero-order valence-electron chi connectivity index (χ0n) is 12.5. The molecule has 2 aromatic rings. The van der Waals surface area contributed by atoms with E-state index in [2.05, 4.69) is 10.3 Å². The molecule has 120 valence electrons. The summed E-state index contributed by atoms with van der Waals surface area (Å²) in [6.07, 6.45) is 3.79. The summed E-state index contributed by atoms with van der Waals surface area (Å²) in [5, 5.41) is 3.24. The first-order valence-corrected chi connectivity index (χ1v) is 7.86. The highest BCUT2D eigenvalue weighted by Gasteiger charge is 2.16. The Morgan fingerprint density at radius 2 is 2.13 bits per heavy atom. The van der Waals surface area contributed by atoms with Crippen LogP contribution in [-0.4, -0.2) is 30.2 Å². The molecule has 1 aromatic heterocycles. The number of aromatic nitrogens is 1. The van der Waals surface area contributed by atoms with Gasteiger partial charge < -0.3 is 14.8 Å². The molecule has 6 heteroatoms. The van der Waals surface area contributed by atoms with Crippen LogP contribution in [0.25, 0.3) is 0 Å². The van der Waals surface area contributed by atoms with Crippen LogP contribution >= 0.6 is 11.6 Å². The van der Waals surface area contributed by atoms with Gasteiger partial charge in [-0.15, -0.1) is 0 Å². The number of pyridine rings is 1. The van der Waals surface area contributed by atoms with Gasteiger partial charge in [0.2, 0.25) is 0 Å². The van der Waals surface area contributed by atoms with Crippen LogP contribution in [0, 0.1) is 0 Å². The molecular formula is C17H17ClN2O3. The van der Waals surface area contributed by atoms with E-state index in [0.717, 1.165) is 25.2 Å². The molecule has 1 aliphatic heterocycles. The van der Waals surface area contributed by atoms with Crippen molar-refractivity contribution < 1.29 is 14.3 Å². The van der Waals surface area contributed by atoms with Gasteiger partial charge in [0.1, 0.15) is 18.2 Å². The molecule has 1 unspecified atom stereocenters. The lowest BCUT2D eigenvalue weighted by atomic mass is 10.2. The summed E-state index contributed by atoms with van der Waals surface area (Å²) in [5.41, 5.74) is 0.534. The fourth-order valence-electron chi connectivity index (χ4n) is 2.31. The lowest BCUT2D eigenvalue weighted by Gasteiger charge is -2.11. The highest BCUT2D eigenvalue weighted by atomic mass is 35.5. The van der Waals surface area contributed by atoms with Crippen molar-refractivity contribution in [3.05, 3.63) is 53.2 Å². The number of hydrogen-bond donors (Lipinski definition) is 1. The second kappa shape index (κ2) is 7.44. The van der Waals surface area contributed by atoms with Crippen LogP contribution in [0.4, 0.5) is 5.82 Å². The van der Waals surface area contributed by atoms with Crippen LogP contribution in [0.5, 0.6) is 5.75 Å².